The van der Waals surface area contributed by atoms with Gasteiger partial charge in [-0.05, 0) is 31.5 Å². The van der Waals surface area contributed by atoms with Crippen LogP contribution in [-0.2, 0) is 14.8 Å². The summed E-state index contributed by atoms with van der Waals surface area (Å²) in [6.07, 6.45) is 0.839. The van der Waals surface area contributed by atoms with E-state index in [1.165, 1.54) is 4.31 Å². The van der Waals surface area contributed by atoms with Crippen LogP contribution in [0.25, 0.3) is 0 Å². The zero-order valence-corrected chi connectivity index (χ0v) is 15.2. The molecule has 0 aliphatic carbocycles. The summed E-state index contributed by atoms with van der Waals surface area (Å²) in [5.74, 6) is -2.37. The van der Waals surface area contributed by atoms with Crippen LogP contribution in [0.4, 0.5) is 8.78 Å². The van der Waals surface area contributed by atoms with Gasteiger partial charge in [0.05, 0.1) is 11.4 Å². The number of hydrogen-bond donors (Lipinski definition) is 1. The van der Waals surface area contributed by atoms with Crippen LogP contribution in [0, 0.1) is 11.6 Å². The second-order valence-corrected chi connectivity index (χ2v) is 8.07. The highest BCUT2D eigenvalue weighted by Gasteiger charge is 2.29. The second-order valence-electron chi connectivity index (χ2n) is 6.13. The van der Waals surface area contributed by atoms with Gasteiger partial charge in [0.25, 0.3) is 0 Å². The van der Waals surface area contributed by atoms with Gasteiger partial charge in [0.15, 0.2) is 11.6 Å². The van der Waals surface area contributed by atoms with Crippen LogP contribution in [0.3, 0.4) is 0 Å². The summed E-state index contributed by atoms with van der Waals surface area (Å²) >= 11 is 0. The smallest absolute Gasteiger partial charge is 0.243 e. The third-order valence-electron chi connectivity index (χ3n) is 4.25. The lowest BCUT2D eigenvalue weighted by molar-refractivity contribution is -0.123. The Bertz CT molecular complexity index is 719. The van der Waals surface area contributed by atoms with E-state index < -0.39 is 21.7 Å². The Kier molecular flexibility index (Phi) is 6.47. The highest BCUT2D eigenvalue weighted by Crippen LogP contribution is 2.19. The molecule has 1 N–H and O–H groups in total. The molecule has 1 aliphatic heterocycles. The number of amides is 1. The fourth-order valence-corrected chi connectivity index (χ4v) is 3.97. The molecule has 1 aliphatic rings. The molecule has 0 bridgehead atoms. The molecule has 1 aromatic carbocycles. The van der Waals surface area contributed by atoms with E-state index in [-0.39, 0.29) is 36.5 Å². The average molecular weight is 375 g/mol. The van der Waals surface area contributed by atoms with Crippen molar-refractivity contribution in [3.8, 4) is 0 Å². The maximum absolute atomic E-state index is 13.3. The van der Waals surface area contributed by atoms with E-state index in [0.29, 0.717) is 19.2 Å². The van der Waals surface area contributed by atoms with Crippen LogP contribution in [-0.4, -0.2) is 62.3 Å². The Labute approximate surface area is 146 Å². The normalized spacial score (nSPS) is 18.1. The van der Waals surface area contributed by atoms with E-state index in [9.17, 15) is 22.0 Å². The molecule has 1 amide bonds. The summed E-state index contributed by atoms with van der Waals surface area (Å²) < 4.78 is 52.5. The van der Waals surface area contributed by atoms with Crippen molar-refractivity contribution in [2.24, 2.45) is 0 Å². The molecule has 9 heteroatoms. The lowest BCUT2D eigenvalue weighted by atomic mass is 10.2. The molecule has 1 saturated heterocycles. The first-order chi connectivity index (χ1) is 11.7. The van der Waals surface area contributed by atoms with Gasteiger partial charge in [-0.25, -0.2) is 17.2 Å². The quantitative estimate of drug-likeness (QED) is 0.811. The monoisotopic (exact) mass is 375 g/mol. The first kappa shape index (κ1) is 19.7. The molecule has 140 valence electrons. The number of nitrogens with zero attached hydrogens (tertiary/aromatic N) is 2. The van der Waals surface area contributed by atoms with E-state index in [2.05, 4.69) is 5.32 Å². The molecular weight excluding hydrogens is 352 g/mol. The van der Waals surface area contributed by atoms with Crippen molar-refractivity contribution in [2.45, 2.75) is 31.2 Å². The molecular formula is C16H23F2N3O3S. The molecule has 1 heterocycles. The van der Waals surface area contributed by atoms with Gasteiger partial charge in [-0.1, -0.05) is 6.92 Å². The largest absolute Gasteiger partial charge is 0.353 e. The third-order valence-corrected chi connectivity index (χ3v) is 6.14. The number of rotatable bonds is 6. The van der Waals surface area contributed by atoms with Crippen molar-refractivity contribution in [1.29, 1.82) is 0 Å². The van der Waals surface area contributed by atoms with Crippen molar-refractivity contribution in [2.75, 3.05) is 32.7 Å². The number of benzene rings is 1. The van der Waals surface area contributed by atoms with E-state index >= 15 is 0 Å². The van der Waals surface area contributed by atoms with Crippen LogP contribution in [0.2, 0.25) is 0 Å². The van der Waals surface area contributed by atoms with Crippen molar-refractivity contribution in [3.05, 3.63) is 29.8 Å². The summed E-state index contributed by atoms with van der Waals surface area (Å²) in [5, 5.41) is 2.87. The Balaban J connectivity index is 1.94. The highest BCUT2D eigenvalue weighted by atomic mass is 32.2. The summed E-state index contributed by atoms with van der Waals surface area (Å²) in [7, 11) is -3.88. The van der Waals surface area contributed by atoms with E-state index in [1.807, 2.05) is 18.7 Å². The maximum Gasteiger partial charge on any atom is 0.243 e. The third kappa shape index (κ3) is 4.96. The van der Waals surface area contributed by atoms with Gasteiger partial charge in [-0.3, -0.25) is 9.69 Å². The topological polar surface area (TPSA) is 69.7 Å². The number of halogens is 2. The molecule has 2 rings (SSSR count). The Morgan fingerprint density at radius 1 is 1.20 bits per heavy atom. The van der Waals surface area contributed by atoms with Gasteiger partial charge in [0.2, 0.25) is 15.9 Å². The minimum absolute atomic E-state index is 0.0914. The molecule has 0 spiro atoms. The van der Waals surface area contributed by atoms with Crippen LogP contribution < -0.4 is 5.32 Å². The first-order valence-corrected chi connectivity index (χ1v) is 9.65. The minimum Gasteiger partial charge on any atom is -0.353 e. The number of hydrogen-bond acceptors (Lipinski definition) is 4. The van der Waals surface area contributed by atoms with Gasteiger partial charge in [-0.2, -0.15) is 4.31 Å². The SMILES string of the molecule is CCC(C)NC(=O)CN1CCN(S(=O)(=O)c2ccc(F)c(F)c2)CC1. The van der Waals surface area contributed by atoms with Crippen LogP contribution in [0.1, 0.15) is 20.3 Å². The summed E-state index contributed by atoms with van der Waals surface area (Å²) in [4.78, 5) is 13.5. The fraction of sp³-hybridized carbons (Fsp3) is 0.562. The Hall–Kier alpha value is -1.58. The number of nitrogens with one attached hydrogen (secondary N) is 1. The summed E-state index contributed by atoms with van der Waals surface area (Å²) in [6.45, 7) is 5.30. The van der Waals surface area contributed by atoms with Gasteiger partial charge in [0.1, 0.15) is 0 Å². The maximum atomic E-state index is 13.3. The van der Waals surface area contributed by atoms with E-state index in [1.54, 1.807) is 0 Å². The number of carbonyl (C=O) groups is 1. The van der Waals surface area contributed by atoms with Crippen molar-refractivity contribution >= 4 is 15.9 Å². The van der Waals surface area contributed by atoms with Gasteiger partial charge >= 0.3 is 0 Å². The molecule has 25 heavy (non-hydrogen) atoms. The number of carbonyl (C=O) groups excluding carboxylic acids is 1. The molecule has 1 atom stereocenters. The Morgan fingerprint density at radius 3 is 2.40 bits per heavy atom. The summed E-state index contributed by atoms with van der Waals surface area (Å²) in [5.41, 5.74) is 0. The molecule has 1 fully saturated rings. The van der Waals surface area contributed by atoms with Crippen molar-refractivity contribution < 1.29 is 22.0 Å². The van der Waals surface area contributed by atoms with E-state index in [0.717, 1.165) is 18.6 Å². The average Bonchev–Trinajstić information content (AvgIpc) is 2.57. The zero-order chi connectivity index (χ0) is 18.6. The lowest BCUT2D eigenvalue weighted by Gasteiger charge is -2.33. The second kappa shape index (κ2) is 8.20. The number of piperazine rings is 1. The predicted octanol–water partition coefficient (Wildman–Crippen LogP) is 1.19. The summed E-state index contributed by atoms with van der Waals surface area (Å²) in [6, 6.07) is 2.65. The van der Waals surface area contributed by atoms with Crippen LogP contribution in [0.15, 0.2) is 23.1 Å². The van der Waals surface area contributed by atoms with E-state index in [4.69, 9.17) is 0 Å². The van der Waals surface area contributed by atoms with Crippen LogP contribution in [0.5, 0.6) is 0 Å². The van der Waals surface area contributed by atoms with Gasteiger partial charge in [0, 0.05) is 32.2 Å². The molecule has 0 saturated carbocycles. The van der Waals surface area contributed by atoms with Crippen molar-refractivity contribution in [3.63, 3.8) is 0 Å². The predicted molar refractivity (Wildman–Crippen MR) is 89.5 cm³/mol. The standard InChI is InChI=1S/C16H23F2N3O3S/c1-3-12(2)19-16(22)11-20-6-8-21(9-7-20)25(23,24)13-4-5-14(17)15(18)10-13/h4-5,10,12H,3,6-9,11H2,1-2H3,(H,19,22). The molecule has 1 unspecified atom stereocenters. The number of sulfonamides is 1. The molecule has 0 radical (unpaired) electrons. The molecule has 1 aromatic rings. The van der Waals surface area contributed by atoms with Gasteiger partial charge < -0.3 is 5.32 Å². The first-order valence-electron chi connectivity index (χ1n) is 8.21. The van der Waals surface area contributed by atoms with Gasteiger partial charge in [-0.15, -0.1) is 0 Å². The lowest BCUT2D eigenvalue weighted by Crippen LogP contribution is -2.51. The fourth-order valence-electron chi connectivity index (χ4n) is 2.54. The minimum atomic E-state index is -3.88. The highest BCUT2D eigenvalue weighted by molar-refractivity contribution is 7.89. The van der Waals surface area contributed by atoms with Crippen molar-refractivity contribution in [1.82, 2.24) is 14.5 Å². The Morgan fingerprint density at radius 2 is 1.84 bits per heavy atom. The molecule has 0 aromatic heterocycles. The van der Waals surface area contributed by atoms with Crippen LogP contribution >= 0.6 is 0 Å². The molecule has 6 nitrogen and oxygen atoms in total. The zero-order valence-electron chi connectivity index (χ0n) is 14.3.